The fourth-order valence-electron chi connectivity index (χ4n) is 2.64. The number of amides is 2. The fourth-order valence-corrected chi connectivity index (χ4v) is 2.64. The number of carbonyl (C=O) groups excluding carboxylic acids is 1. The number of carboxylic acids is 1. The smallest absolute Gasteiger partial charge is 0.356 e. The maximum Gasteiger partial charge on any atom is 0.356 e. The number of carboxylic acid groups (broad SMARTS) is 1. The van der Waals surface area contributed by atoms with Crippen molar-refractivity contribution < 1.29 is 14.7 Å². The van der Waals surface area contributed by atoms with E-state index in [1.54, 1.807) is 4.57 Å². The van der Waals surface area contributed by atoms with Crippen molar-refractivity contribution in [2.45, 2.75) is 45.2 Å². The summed E-state index contributed by atoms with van der Waals surface area (Å²) < 4.78 is 1.65. The van der Waals surface area contributed by atoms with Crippen molar-refractivity contribution in [2.24, 2.45) is 5.92 Å². The molecule has 1 heterocycles. The first-order valence-electron chi connectivity index (χ1n) is 7.35. The van der Waals surface area contributed by atoms with Gasteiger partial charge in [-0.2, -0.15) is 0 Å². The Morgan fingerprint density at radius 3 is 2.86 bits per heavy atom. The largest absolute Gasteiger partial charge is 0.476 e. The van der Waals surface area contributed by atoms with Crippen LogP contribution in [0.25, 0.3) is 0 Å². The average Bonchev–Trinajstić information content (AvgIpc) is 2.90. The van der Waals surface area contributed by atoms with Crippen LogP contribution >= 0.6 is 0 Å². The average molecular weight is 294 g/mol. The molecule has 0 saturated heterocycles. The maximum atomic E-state index is 11.8. The molecule has 2 unspecified atom stereocenters. The number of aromatic nitrogens is 2. The normalized spacial score (nSPS) is 21.8. The molecule has 0 radical (unpaired) electrons. The van der Waals surface area contributed by atoms with Gasteiger partial charge in [0.15, 0.2) is 5.69 Å². The molecule has 0 aromatic carbocycles. The van der Waals surface area contributed by atoms with E-state index in [1.807, 2.05) is 0 Å². The van der Waals surface area contributed by atoms with E-state index in [-0.39, 0.29) is 17.8 Å². The highest BCUT2D eigenvalue weighted by Gasteiger charge is 2.22. The number of nitrogens with zero attached hydrogens (tertiary/aromatic N) is 2. The lowest BCUT2D eigenvalue weighted by Gasteiger charge is -2.29. The van der Waals surface area contributed by atoms with E-state index in [1.165, 1.54) is 25.4 Å². The van der Waals surface area contributed by atoms with E-state index in [4.69, 9.17) is 5.11 Å². The second-order valence-electron chi connectivity index (χ2n) is 5.57. The van der Waals surface area contributed by atoms with E-state index in [0.717, 1.165) is 12.8 Å². The van der Waals surface area contributed by atoms with Crippen molar-refractivity contribution in [3.63, 3.8) is 0 Å². The minimum Gasteiger partial charge on any atom is -0.476 e. The molecule has 0 spiro atoms. The van der Waals surface area contributed by atoms with Gasteiger partial charge in [0.05, 0.1) is 6.33 Å². The Balaban J connectivity index is 1.70. The number of rotatable bonds is 5. The molecule has 1 aromatic rings. The summed E-state index contributed by atoms with van der Waals surface area (Å²) in [4.78, 5) is 26.3. The molecule has 0 bridgehead atoms. The molecule has 2 atom stereocenters. The first-order valence-corrected chi connectivity index (χ1v) is 7.35. The standard InChI is InChI=1S/C14H22N4O3/c1-10-4-2-3-5-11(10)17-14(21)15-6-7-18-8-12(13(19)20)16-9-18/h8-11H,2-7H2,1H3,(H,19,20)(H2,15,17,21). The summed E-state index contributed by atoms with van der Waals surface area (Å²) >= 11 is 0. The lowest BCUT2D eigenvalue weighted by atomic mass is 9.86. The predicted octanol–water partition coefficient (Wildman–Crippen LogP) is 1.46. The fraction of sp³-hybridized carbons (Fsp3) is 0.643. The van der Waals surface area contributed by atoms with E-state index < -0.39 is 5.97 Å². The zero-order valence-electron chi connectivity index (χ0n) is 12.2. The SMILES string of the molecule is CC1CCCCC1NC(=O)NCCn1cnc(C(=O)O)c1. The Morgan fingerprint density at radius 1 is 1.43 bits per heavy atom. The first kappa shape index (κ1) is 15.3. The van der Waals surface area contributed by atoms with Gasteiger partial charge in [0.2, 0.25) is 0 Å². The van der Waals surface area contributed by atoms with Gasteiger partial charge in [-0.3, -0.25) is 0 Å². The van der Waals surface area contributed by atoms with Crippen LogP contribution in [-0.4, -0.2) is 39.2 Å². The zero-order chi connectivity index (χ0) is 15.2. The van der Waals surface area contributed by atoms with E-state index in [2.05, 4.69) is 22.5 Å². The second kappa shape index (κ2) is 7.10. The number of nitrogens with one attached hydrogen (secondary N) is 2. The summed E-state index contributed by atoms with van der Waals surface area (Å²) in [6.07, 6.45) is 7.52. The Hall–Kier alpha value is -2.05. The van der Waals surface area contributed by atoms with Crippen LogP contribution in [-0.2, 0) is 6.54 Å². The number of hydrogen-bond donors (Lipinski definition) is 3. The minimum atomic E-state index is -1.05. The molecule has 7 nitrogen and oxygen atoms in total. The molecule has 2 amide bonds. The molecule has 1 fully saturated rings. The summed E-state index contributed by atoms with van der Waals surface area (Å²) in [5.74, 6) is -0.526. The number of aromatic carboxylic acids is 1. The Bertz CT molecular complexity index is 500. The van der Waals surface area contributed by atoms with Gasteiger partial charge in [-0.15, -0.1) is 0 Å². The number of imidazole rings is 1. The van der Waals surface area contributed by atoms with Crippen LogP contribution < -0.4 is 10.6 Å². The van der Waals surface area contributed by atoms with Gasteiger partial charge in [0, 0.05) is 25.3 Å². The van der Waals surface area contributed by atoms with E-state index in [9.17, 15) is 9.59 Å². The number of carbonyl (C=O) groups is 2. The first-order chi connectivity index (χ1) is 10.1. The quantitative estimate of drug-likeness (QED) is 0.766. The van der Waals surface area contributed by atoms with Gasteiger partial charge in [-0.25, -0.2) is 14.6 Å². The van der Waals surface area contributed by atoms with Crippen molar-refractivity contribution in [1.29, 1.82) is 0 Å². The maximum absolute atomic E-state index is 11.8. The molecule has 1 aliphatic carbocycles. The van der Waals surface area contributed by atoms with Crippen LogP contribution in [0.5, 0.6) is 0 Å². The topological polar surface area (TPSA) is 96.3 Å². The van der Waals surface area contributed by atoms with Crippen LogP contribution in [0.1, 0.15) is 43.1 Å². The predicted molar refractivity (Wildman–Crippen MR) is 77.1 cm³/mol. The molecule has 1 aromatic heterocycles. The molecule has 1 aliphatic rings. The molecular formula is C14H22N4O3. The molecule has 1 saturated carbocycles. The molecule has 2 rings (SSSR count). The van der Waals surface area contributed by atoms with Gasteiger partial charge in [-0.05, 0) is 18.8 Å². The lowest BCUT2D eigenvalue weighted by Crippen LogP contribution is -2.46. The zero-order valence-corrected chi connectivity index (χ0v) is 12.2. The Labute approximate surface area is 123 Å². The summed E-state index contributed by atoms with van der Waals surface area (Å²) in [5.41, 5.74) is 0.00971. The van der Waals surface area contributed by atoms with Crippen molar-refractivity contribution >= 4 is 12.0 Å². The molecule has 21 heavy (non-hydrogen) atoms. The van der Waals surface area contributed by atoms with Crippen molar-refractivity contribution in [3.05, 3.63) is 18.2 Å². The van der Waals surface area contributed by atoms with Crippen LogP contribution in [0.15, 0.2) is 12.5 Å². The molecule has 116 valence electrons. The van der Waals surface area contributed by atoms with Gasteiger partial charge < -0.3 is 20.3 Å². The van der Waals surface area contributed by atoms with Gasteiger partial charge >= 0.3 is 12.0 Å². The third-order valence-corrected chi connectivity index (χ3v) is 3.94. The van der Waals surface area contributed by atoms with Gasteiger partial charge in [-0.1, -0.05) is 19.8 Å². The molecule has 0 aliphatic heterocycles. The van der Waals surface area contributed by atoms with E-state index >= 15 is 0 Å². The molecule has 7 heteroatoms. The second-order valence-corrected chi connectivity index (χ2v) is 5.57. The minimum absolute atomic E-state index is 0.00971. The van der Waals surface area contributed by atoms with Crippen molar-refractivity contribution in [3.8, 4) is 0 Å². The number of hydrogen-bond acceptors (Lipinski definition) is 3. The summed E-state index contributed by atoms with van der Waals surface area (Å²) in [5, 5.41) is 14.6. The van der Waals surface area contributed by atoms with Crippen LogP contribution in [0.3, 0.4) is 0 Å². The summed E-state index contributed by atoms with van der Waals surface area (Å²) in [7, 11) is 0. The van der Waals surface area contributed by atoms with Crippen LogP contribution in [0.4, 0.5) is 4.79 Å². The van der Waals surface area contributed by atoms with Crippen molar-refractivity contribution in [2.75, 3.05) is 6.54 Å². The lowest BCUT2D eigenvalue weighted by molar-refractivity contribution is 0.0691. The highest BCUT2D eigenvalue weighted by atomic mass is 16.4. The van der Waals surface area contributed by atoms with Crippen LogP contribution in [0.2, 0.25) is 0 Å². The molecule has 3 N–H and O–H groups in total. The summed E-state index contributed by atoms with van der Waals surface area (Å²) in [6, 6.07) is 0.0953. The molecular weight excluding hydrogens is 272 g/mol. The summed E-state index contributed by atoms with van der Waals surface area (Å²) in [6.45, 7) is 3.10. The van der Waals surface area contributed by atoms with Gasteiger partial charge in [0.25, 0.3) is 0 Å². The van der Waals surface area contributed by atoms with Gasteiger partial charge in [0.1, 0.15) is 0 Å². The van der Waals surface area contributed by atoms with Crippen molar-refractivity contribution in [1.82, 2.24) is 20.2 Å². The number of urea groups is 1. The van der Waals surface area contributed by atoms with Crippen LogP contribution in [0, 0.1) is 5.92 Å². The monoisotopic (exact) mass is 294 g/mol. The third-order valence-electron chi connectivity index (χ3n) is 3.94. The third kappa shape index (κ3) is 4.47. The Morgan fingerprint density at radius 2 is 2.19 bits per heavy atom. The van der Waals surface area contributed by atoms with E-state index in [0.29, 0.717) is 19.0 Å². The Kier molecular flexibility index (Phi) is 5.19. The highest BCUT2D eigenvalue weighted by Crippen LogP contribution is 2.23. The highest BCUT2D eigenvalue weighted by molar-refractivity contribution is 5.84.